The third-order valence-electron chi connectivity index (χ3n) is 2.72. The molecule has 19 heavy (non-hydrogen) atoms. The van der Waals surface area contributed by atoms with E-state index < -0.39 is 0 Å². The van der Waals surface area contributed by atoms with Crippen molar-refractivity contribution in [3.8, 4) is 0 Å². The number of nitro groups is 1. The van der Waals surface area contributed by atoms with Crippen LogP contribution in [0.15, 0.2) is 48.5 Å². The second-order valence-electron chi connectivity index (χ2n) is 4.15. The van der Waals surface area contributed by atoms with E-state index in [9.17, 15) is 10.1 Å². The van der Waals surface area contributed by atoms with Crippen LogP contribution < -0.4 is 5.32 Å². The second kappa shape index (κ2) is 6.63. The molecule has 0 aliphatic carbocycles. The van der Waals surface area contributed by atoms with Gasteiger partial charge in [-0.1, -0.05) is 24.3 Å². The zero-order chi connectivity index (χ0) is 13.7. The Hall–Kier alpha value is -1.47. The van der Waals surface area contributed by atoms with Crippen molar-refractivity contribution in [3.05, 3.63) is 73.3 Å². The Morgan fingerprint density at radius 2 is 1.42 bits per heavy atom. The van der Waals surface area contributed by atoms with Gasteiger partial charge in [0.05, 0.1) is 4.92 Å². The maximum Gasteiger partial charge on any atom is 0.269 e. The Kier molecular flexibility index (Phi) is 4.86. The van der Waals surface area contributed by atoms with E-state index >= 15 is 0 Å². The zero-order valence-corrected chi connectivity index (χ0v) is 12.3. The molecule has 2 rings (SSSR count). The number of hydrogen-bond donors (Lipinski definition) is 1. The summed E-state index contributed by atoms with van der Waals surface area (Å²) >= 11 is 2.28. The largest absolute Gasteiger partial charge is 0.309 e. The number of rotatable bonds is 5. The number of nitro benzene ring substituents is 1. The third kappa shape index (κ3) is 4.29. The second-order valence-corrected chi connectivity index (χ2v) is 5.40. The summed E-state index contributed by atoms with van der Waals surface area (Å²) in [5.41, 5.74) is 2.39. The van der Waals surface area contributed by atoms with Crippen molar-refractivity contribution in [2.45, 2.75) is 13.1 Å². The minimum Gasteiger partial charge on any atom is -0.309 e. The van der Waals surface area contributed by atoms with Gasteiger partial charge in [0.25, 0.3) is 5.69 Å². The van der Waals surface area contributed by atoms with Gasteiger partial charge in [0.2, 0.25) is 0 Å². The molecule has 2 aromatic carbocycles. The van der Waals surface area contributed by atoms with Gasteiger partial charge in [-0.05, 0) is 45.9 Å². The smallest absolute Gasteiger partial charge is 0.269 e. The van der Waals surface area contributed by atoms with Crippen LogP contribution in [0.3, 0.4) is 0 Å². The fourth-order valence-electron chi connectivity index (χ4n) is 1.69. The molecular weight excluding hydrogens is 355 g/mol. The van der Waals surface area contributed by atoms with Crippen molar-refractivity contribution >= 4 is 28.3 Å². The number of non-ortho nitro benzene ring substituents is 1. The Bertz CT molecular complexity index is 553. The first-order chi connectivity index (χ1) is 9.15. The molecule has 4 nitrogen and oxygen atoms in total. The van der Waals surface area contributed by atoms with Crippen LogP contribution in [0.2, 0.25) is 0 Å². The average molecular weight is 368 g/mol. The summed E-state index contributed by atoms with van der Waals surface area (Å²) in [4.78, 5) is 10.1. The van der Waals surface area contributed by atoms with Crippen LogP contribution >= 0.6 is 22.6 Å². The molecule has 0 radical (unpaired) electrons. The highest BCUT2D eigenvalue weighted by atomic mass is 127. The van der Waals surface area contributed by atoms with Crippen LogP contribution in [0.1, 0.15) is 11.1 Å². The summed E-state index contributed by atoms with van der Waals surface area (Å²) in [6.07, 6.45) is 0. The summed E-state index contributed by atoms with van der Waals surface area (Å²) in [6.45, 7) is 1.48. The Morgan fingerprint density at radius 3 is 1.89 bits per heavy atom. The highest BCUT2D eigenvalue weighted by Gasteiger charge is 2.03. The fraction of sp³-hybridized carbons (Fsp3) is 0.143. The molecule has 98 valence electrons. The van der Waals surface area contributed by atoms with Gasteiger partial charge in [-0.25, -0.2) is 0 Å². The van der Waals surface area contributed by atoms with Gasteiger partial charge in [-0.15, -0.1) is 0 Å². The van der Waals surface area contributed by atoms with Crippen LogP contribution in [0.4, 0.5) is 5.69 Å². The van der Waals surface area contributed by atoms with Crippen molar-refractivity contribution in [1.82, 2.24) is 5.32 Å². The quantitative estimate of drug-likeness (QED) is 0.500. The van der Waals surface area contributed by atoms with E-state index in [-0.39, 0.29) is 10.6 Å². The number of hydrogen-bond acceptors (Lipinski definition) is 3. The van der Waals surface area contributed by atoms with Crippen LogP contribution in [0.25, 0.3) is 0 Å². The molecule has 0 saturated heterocycles. The van der Waals surface area contributed by atoms with Gasteiger partial charge in [0, 0.05) is 28.8 Å². The highest BCUT2D eigenvalue weighted by molar-refractivity contribution is 14.1. The SMILES string of the molecule is O=[N+]([O-])c1ccc(CNCc2ccc(I)cc2)cc1. The summed E-state index contributed by atoms with van der Waals surface area (Å²) in [6, 6.07) is 14.9. The molecule has 5 heteroatoms. The normalized spacial score (nSPS) is 10.4. The highest BCUT2D eigenvalue weighted by Crippen LogP contribution is 2.12. The van der Waals surface area contributed by atoms with Crippen LogP contribution in [-0.2, 0) is 13.1 Å². The molecule has 1 N–H and O–H groups in total. The molecule has 0 aromatic heterocycles. The Balaban J connectivity index is 1.85. The van der Waals surface area contributed by atoms with E-state index in [0.717, 1.165) is 12.1 Å². The lowest BCUT2D eigenvalue weighted by molar-refractivity contribution is -0.384. The first kappa shape index (κ1) is 14.0. The maximum atomic E-state index is 10.5. The minimum atomic E-state index is -0.386. The van der Waals surface area contributed by atoms with Crippen LogP contribution in [0, 0.1) is 13.7 Å². The van der Waals surface area contributed by atoms with Crippen LogP contribution in [0.5, 0.6) is 0 Å². The predicted octanol–water partition coefficient (Wildman–Crippen LogP) is 3.49. The van der Waals surface area contributed by atoms with Crippen molar-refractivity contribution in [2.24, 2.45) is 0 Å². The molecule has 0 unspecified atom stereocenters. The lowest BCUT2D eigenvalue weighted by atomic mass is 10.2. The molecule has 0 aliphatic rings. The molecule has 0 fully saturated rings. The summed E-state index contributed by atoms with van der Waals surface area (Å²) in [5, 5.41) is 13.8. The summed E-state index contributed by atoms with van der Waals surface area (Å²) in [5.74, 6) is 0. The fourth-order valence-corrected chi connectivity index (χ4v) is 2.05. The van der Waals surface area contributed by atoms with E-state index in [1.165, 1.54) is 21.3 Å². The number of nitrogens with one attached hydrogen (secondary N) is 1. The molecule has 2 aromatic rings. The molecule has 0 saturated carbocycles. The van der Waals surface area contributed by atoms with Crippen molar-refractivity contribution in [2.75, 3.05) is 0 Å². The van der Waals surface area contributed by atoms with Gasteiger partial charge < -0.3 is 5.32 Å². The topological polar surface area (TPSA) is 55.2 Å². The van der Waals surface area contributed by atoms with E-state index in [4.69, 9.17) is 0 Å². The van der Waals surface area contributed by atoms with Gasteiger partial charge in [0.15, 0.2) is 0 Å². The monoisotopic (exact) mass is 368 g/mol. The van der Waals surface area contributed by atoms with Crippen molar-refractivity contribution in [1.29, 1.82) is 0 Å². The van der Waals surface area contributed by atoms with E-state index in [1.54, 1.807) is 12.1 Å². The number of nitrogens with zero attached hydrogens (tertiary/aromatic N) is 1. The maximum absolute atomic E-state index is 10.5. The summed E-state index contributed by atoms with van der Waals surface area (Å²) < 4.78 is 1.22. The zero-order valence-electron chi connectivity index (χ0n) is 10.2. The molecule has 0 atom stereocenters. The van der Waals surface area contributed by atoms with Gasteiger partial charge >= 0.3 is 0 Å². The first-order valence-corrected chi connectivity index (χ1v) is 6.91. The lowest BCUT2D eigenvalue weighted by Gasteiger charge is -2.05. The van der Waals surface area contributed by atoms with Gasteiger partial charge in [-0.3, -0.25) is 10.1 Å². The summed E-state index contributed by atoms with van der Waals surface area (Å²) in [7, 11) is 0. The number of benzene rings is 2. The Labute approximate surface area is 125 Å². The third-order valence-corrected chi connectivity index (χ3v) is 3.44. The van der Waals surface area contributed by atoms with Gasteiger partial charge in [0.1, 0.15) is 0 Å². The lowest BCUT2D eigenvalue weighted by Crippen LogP contribution is -2.12. The molecular formula is C14H13IN2O2. The number of halogens is 1. The van der Waals surface area contributed by atoms with Crippen molar-refractivity contribution < 1.29 is 4.92 Å². The van der Waals surface area contributed by atoms with E-state index in [1.807, 2.05) is 0 Å². The molecule has 0 amide bonds. The van der Waals surface area contributed by atoms with E-state index in [0.29, 0.717) is 6.54 Å². The van der Waals surface area contributed by atoms with E-state index in [2.05, 4.69) is 52.2 Å². The average Bonchev–Trinajstić information content (AvgIpc) is 2.41. The first-order valence-electron chi connectivity index (χ1n) is 5.83. The molecule has 0 heterocycles. The molecule has 0 bridgehead atoms. The standard InChI is InChI=1S/C14H13IN2O2/c15-13-5-1-11(2-6-13)9-16-10-12-3-7-14(8-4-12)17(18)19/h1-8,16H,9-10H2. The Morgan fingerprint density at radius 1 is 0.947 bits per heavy atom. The minimum absolute atomic E-state index is 0.126. The predicted molar refractivity (Wildman–Crippen MR) is 82.8 cm³/mol. The molecule has 0 spiro atoms. The van der Waals surface area contributed by atoms with Gasteiger partial charge in [-0.2, -0.15) is 0 Å². The van der Waals surface area contributed by atoms with Crippen molar-refractivity contribution in [3.63, 3.8) is 0 Å². The molecule has 0 aliphatic heterocycles. The van der Waals surface area contributed by atoms with Crippen LogP contribution in [-0.4, -0.2) is 4.92 Å².